The van der Waals surface area contributed by atoms with Gasteiger partial charge in [0, 0.05) is 17.6 Å². The number of hydrogen-bond donors (Lipinski definition) is 4. The molecule has 0 aliphatic heterocycles. The normalized spacial score (nSPS) is 36.3. The smallest absolute Gasteiger partial charge is 0.121 e. The topological polar surface area (TPSA) is 72.7 Å². The molecule has 0 radical (unpaired) electrons. The molecule has 4 bridgehead atoms. The Kier molecular flexibility index (Phi) is 3.87. The second-order valence-electron chi connectivity index (χ2n) is 8.14. The number of aliphatic hydroxyl groups is 2. The molecule has 4 aliphatic carbocycles. The van der Waals surface area contributed by atoms with Crippen LogP contribution in [0.15, 0.2) is 18.2 Å². The average molecular weight is 317 g/mol. The van der Waals surface area contributed by atoms with E-state index in [1.807, 2.05) is 0 Å². The minimum Gasteiger partial charge on any atom is -0.508 e. The van der Waals surface area contributed by atoms with Gasteiger partial charge in [-0.2, -0.15) is 0 Å². The second-order valence-corrected chi connectivity index (χ2v) is 8.14. The largest absolute Gasteiger partial charge is 0.508 e. The quantitative estimate of drug-likeness (QED) is 0.673. The molecule has 0 spiro atoms. The number of phenols is 1. The number of hydrogen-bond acceptors (Lipinski definition) is 4. The van der Waals surface area contributed by atoms with E-state index < -0.39 is 6.10 Å². The Labute approximate surface area is 137 Å². The molecule has 0 amide bonds. The van der Waals surface area contributed by atoms with Gasteiger partial charge >= 0.3 is 0 Å². The highest BCUT2D eigenvalue weighted by Gasteiger charge is 2.50. The predicted octanol–water partition coefficient (Wildman–Crippen LogP) is 2.48. The first-order chi connectivity index (χ1) is 11.1. The van der Waals surface area contributed by atoms with Gasteiger partial charge in [-0.3, -0.25) is 0 Å². The molecule has 4 aliphatic rings. The molecular weight excluding hydrogens is 290 g/mol. The van der Waals surface area contributed by atoms with Gasteiger partial charge in [0.2, 0.25) is 0 Å². The molecule has 0 aromatic heterocycles. The van der Waals surface area contributed by atoms with Crippen LogP contribution in [0.25, 0.3) is 0 Å². The summed E-state index contributed by atoms with van der Waals surface area (Å²) >= 11 is 0. The Hall–Kier alpha value is -1.10. The van der Waals surface area contributed by atoms with E-state index >= 15 is 0 Å². The van der Waals surface area contributed by atoms with Crippen molar-refractivity contribution in [1.29, 1.82) is 0 Å². The number of nitrogens with one attached hydrogen (secondary N) is 1. The first-order valence-electron chi connectivity index (χ1n) is 8.92. The summed E-state index contributed by atoms with van der Waals surface area (Å²) in [5.74, 6) is 2.75. The van der Waals surface area contributed by atoms with Gasteiger partial charge in [-0.1, -0.05) is 6.07 Å². The van der Waals surface area contributed by atoms with Crippen LogP contribution in [-0.2, 0) is 6.61 Å². The van der Waals surface area contributed by atoms with Gasteiger partial charge in [-0.05, 0) is 74.0 Å². The van der Waals surface area contributed by atoms with Gasteiger partial charge in [-0.15, -0.1) is 0 Å². The zero-order chi connectivity index (χ0) is 16.0. The summed E-state index contributed by atoms with van der Waals surface area (Å²) in [5, 5.41) is 33.1. The van der Waals surface area contributed by atoms with Crippen LogP contribution in [0, 0.1) is 17.8 Å². The van der Waals surface area contributed by atoms with Crippen molar-refractivity contribution >= 4 is 0 Å². The number of rotatable bonds is 5. The Bertz CT molecular complexity index is 551. The van der Waals surface area contributed by atoms with E-state index in [0.717, 1.165) is 23.3 Å². The summed E-state index contributed by atoms with van der Waals surface area (Å²) in [5.41, 5.74) is 1.47. The van der Waals surface area contributed by atoms with E-state index in [9.17, 15) is 15.3 Å². The van der Waals surface area contributed by atoms with Crippen molar-refractivity contribution in [3.8, 4) is 5.75 Å². The van der Waals surface area contributed by atoms with Crippen molar-refractivity contribution in [2.75, 3.05) is 6.54 Å². The summed E-state index contributed by atoms with van der Waals surface area (Å²) in [6.07, 6.45) is 7.45. The molecule has 126 valence electrons. The first-order valence-corrected chi connectivity index (χ1v) is 8.92. The third-order valence-electron chi connectivity index (χ3n) is 6.37. The average Bonchev–Trinajstić information content (AvgIpc) is 2.52. The Morgan fingerprint density at radius 2 is 1.70 bits per heavy atom. The Morgan fingerprint density at radius 3 is 2.26 bits per heavy atom. The lowest BCUT2D eigenvalue weighted by molar-refractivity contribution is -0.0248. The van der Waals surface area contributed by atoms with Crippen molar-refractivity contribution < 1.29 is 15.3 Å². The van der Waals surface area contributed by atoms with Gasteiger partial charge in [0.15, 0.2) is 0 Å². The Morgan fingerprint density at radius 1 is 1.09 bits per heavy atom. The number of β-amino-alcohol motifs (C(OH)–C–C–N with tert-alkyl or cyclic N) is 1. The monoisotopic (exact) mass is 317 g/mol. The zero-order valence-corrected chi connectivity index (χ0v) is 13.5. The number of aliphatic hydroxyl groups excluding tert-OH is 2. The predicted molar refractivity (Wildman–Crippen MR) is 87.9 cm³/mol. The molecule has 23 heavy (non-hydrogen) atoms. The Balaban J connectivity index is 1.43. The fraction of sp³-hybridized carbons (Fsp3) is 0.684. The molecule has 1 aromatic carbocycles. The lowest BCUT2D eigenvalue weighted by Crippen LogP contribution is -2.59. The molecule has 0 saturated heterocycles. The van der Waals surface area contributed by atoms with Crippen LogP contribution in [0.3, 0.4) is 0 Å². The lowest BCUT2D eigenvalue weighted by Gasteiger charge is -2.57. The molecule has 4 nitrogen and oxygen atoms in total. The lowest BCUT2D eigenvalue weighted by atomic mass is 9.53. The van der Waals surface area contributed by atoms with Crippen molar-refractivity contribution in [3.63, 3.8) is 0 Å². The van der Waals surface area contributed by atoms with Gasteiger partial charge in [0.1, 0.15) is 5.75 Å². The summed E-state index contributed by atoms with van der Waals surface area (Å²) in [6.45, 7) is 0.330. The molecule has 1 atom stereocenters. The first kappa shape index (κ1) is 15.4. The maximum absolute atomic E-state index is 10.5. The molecule has 4 heteroatoms. The highest BCUT2D eigenvalue weighted by molar-refractivity contribution is 5.36. The standard InChI is InChI=1S/C19H27NO3/c21-11-16-6-15(1-2-17(16)22)18(23)10-20-19-7-12-3-13(8-19)5-14(4-12)9-19/h1-2,6,12-14,18,20-23H,3-5,7-11H2/t12?,13?,14?,18-,19?/m0/s1. The molecule has 4 saturated carbocycles. The molecule has 4 fully saturated rings. The van der Waals surface area contributed by atoms with Gasteiger partial charge < -0.3 is 20.6 Å². The molecular formula is C19H27NO3. The third-order valence-corrected chi connectivity index (χ3v) is 6.37. The van der Waals surface area contributed by atoms with Crippen LogP contribution in [0.4, 0.5) is 0 Å². The van der Waals surface area contributed by atoms with Gasteiger partial charge in [-0.25, -0.2) is 0 Å². The summed E-state index contributed by atoms with van der Waals surface area (Å²) in [6, 6.07) is 4.98. The van der Waals surface area contributed by atoms with Gasteiger partial charge in [0.25, 0.3) is 0 Å². The highest BCUT2D eigenvalue weighted by Crippen LogP contribution is 2.55. The summed E-state index contributed by atoms with van der Waals surface area (Å²) in [4.78, 5) is 0. The van der Waals surface area contributed by atoms with E-state index in [-0.39, 0.29) is 17.9 Å². The summed E-state index contributed by atoms with van der Waals surface area (Å²) < 4.78 is 0. The fourth-order valence-electron chi connectivity index (χ4n) is 5.70. The molecule has 4 N–H and O–H groups in total. The minimum atomic E-state index is -0.603. The molecule has 5 rings (SSSR count). The maximum atomic E-state index is 10.5. The van der Waals surface area contributed by atoms with Crippen LogP contribution in [0.5, 0.6) is 5.75 Å². The SMILES string of the molecule is OCc1cc([C@@H](O)CNC23CC4CC(CC(C4)C2)C3)ccc1O. The molecule has 0 unspecified atom stereocenters. The van der Waals surface area contributed by atoms with E-state index in [4.69, 9.17) is 0 Å². The van der Waals surface area contributed by atoms with Crippen molar-refractivity contribution in [1.82, 2.24) is 5.32 Å². The van der Waals surface area contributed by atoms with Crippen molar-refractivity contribution in [2.45, 2.75) is 56.8 Å². The maximum Gasteiger partial charge on any atom is 0.121 e. The molecule has 0 heterocycles. The third kappa shape index (κ3) is 2.88. The van der Waals surface area contributed by atoms with Crippen molar-refractivity contribution in [2.24, 2.45) is 17.8 Å². The molecule has 1 aromatic rings. The van der Waals surface area contributed by atoms with E-state index in [0.29, 0.717) is 12.1 Å². The zero-order valence-electron chi connectivity index (χ0n) is 13.5. The van der Waals surface area contributed by atoms with E-state index in [1.165, 1.54) is 38.5 Å². The van der Waals surface area contributed by atoms with Crippen molar-refractivity contribution in [3.05, 3.63) is 29.3 Å². The number of benzene rings is 1. The fourth-order valence-corrected chi connectivity index (χ4v) is 5.70. The van der Waals surface area contributed by atoms with E-state index in [2.05, 4.69) is 5.32 Å². The number of aromatic hydroxyl groups is 1. The second kappa shape index (κ2) is 5.76. The van der Waals surface area contributed by atoms with Gasteiger partial charge in [0.05, 0.1) is 12.7 Å². The minimum absolute atomic E-state index is 0.0810. The summed E-state index contributed by atoms with van der Waals surface area (Å²) in [7, 11) is 0. The van der Waals surface area contributed by atoms with Crippen LogP contribution < -0.4 is 5.32 Å². The van der Waals surface area contributed by atoms with Crippen LogP contribution >= 0.6 is 0 Å². The highest BCUT2D eigenvalue weighted by atomic mass is 16.3. The van der Waals surface area contributed by atoms with E-state index in [1.54, 1.807) is 18.2 Å². The van der Waals surface area contributed by atoms with Crippen LogP contribution in [0.1, 0.15) is 55.8 Å². The van der Waals surface area contributed by atoms with Crippen LogP contribution in [-0.4, -0.2) is 27.4 Å². The van der Waals surface area contributed by atoms with Crippen LogP contribution in [0.2, 0.25) is 0 Å².